The summed E-state index contributed by atoms with van der Waals surface area (Å²) in [5, 5.41) is 3.24. The van der Waals surface area contributed by atoms with Gasteiger partial charge < -0.3 is 14.8 Å². The number of benzene rings is 2. The van der Waals surface area contributed by atoms with Crippen LogP contribution in [0.4, 0.5) is 18.9 Å². The van der Waals surface area contributed by atoms with Crippen molar-refractivity contribution in [3.63, 3.8) is 0 Å². The first kappa shape index (κ1) is 17.0. The van der Waals surface area contributed by atoms with Gasteiger partial charge in [0.1, 0.15) is 0 Å². The lowest BCUT2D eigenvalue weighted by Gasteiger charge is -2.14. The topological polar surface area (TPSA) is 30.5 Å². The SMILES string of the molecule is COc1cc(CNc2ccc(C)cc2)ccc1OCC(F)(F)F. The van der Waals surface area contributed by atoms with Crippen molar-refractivity contribution in [2.75, 3.05) is 19.0 Å². The van der Waals surface area contributed by atoms with Crippen LogP contribution >= 0.6 is 0 Å². The van der Waals surface area contributed by atoms with Crippen molar-refractivity contribution in [3.05, 3.63) is 53.6 Å². The first-order valence-electron chi connectivity index (χ1n) is 7.04. The Morgan fingerprint density at radius 3 is 2.30 bits per heavy atom. The van der Waals surface area contributed by atoms with Crippen molar-refractivity contribution in [1.29, 1.82) is 0 Å². The second-order valence-corrected chi connectivity index (χ2v) is 5.11. The maximum atomic E-state index is 12.2. The molecule has 2 aromatic carbocycles. The molecule has 0 saturated carbocycles. The van der Waals surface area contributed by atoms with E-state index in [1.165, 1.54) is 18.7 Å². The number of alkyl halides is 3. The van der Waals surface area contributed by atoms with E-state index >= 15 is 0 Å². The number of methoxy groups -OCH3 is 1. The molecule has 0 bridgehead atoms. The van der Waals surface area contributed by atoms with Crippen molar-refractivity contribution in [3.8, 4) is 11.5 Å². The molecule has 3 nitrogen and oxygen atoms in total. The van der Waals surface area contributed by atoms with Gasteiger partial charge in [0.05, 0.1) is 7.11 Å². The molecule has 0 aliphatic carbocycles. The molecule has 0 spiro atoms. The Morgan fingerprint density at radius 1 is 1.00 bits per heavy atom. The van der Waals surface area contributed by atoms with Gasteiger partial charge in [-0.2, -0.15) is 13.2 Å². The smallest absolute Gasteiger partial charge is 0.422 e. The highest BCUT2D eigenvalue weighted by Gasteiger charge is 2.29. The summed E-state index contributed by atoms with van der Waals surface area (Å²) in [6.07, 6.45) is -4.38. The highest BCUT2D eigenvalue weighted by molar-refractivity contribution is 5.47. The van der Waals surface area contributed by atoms with Gasteiger partial charge in [0.15, 0.2) is 18.1 Å². The summed E-state index contributed by atoms with van der Waals surface area (Å²) in [7, 11) is 1.40. The van der Waals surface area contributed by atoms with Crippen LogP contribution in [0.15, 0.2) is 42.5 Å². The molecular weight excluding hydrogens is 307 g/mol. The average Bonchev–Trinajstić information content (AvgIpc) is 2.52. The minimum Gasteiger partial charge on any atom is -0.493 e. The molecular formula is C17H18F3NO2. The fourth-order valence-electron chi connectivity index (χ4n) is 1.98. The first-order chi connectivity index (χ1) is 10.9. The van der Waals surface area contributed by atoms with Gasteiger partial charge in [0.2, 0.25) is 0 Å². The van der Waals surface area contributed by atoms with Gasteiger partial charge in [-0.25, -0.2) is 0 Å². The molecule has 0 saturated heterocycles. The maximum absolute atomic E-state index is 12.2. The van der Waals surface area contributed by atoms with E-state index < -0.39 is 12.8 Å². The number of halogens is 3. The Kier molecular flexibility index (Phi) is 5.36. The van der Waals surface area contributed by atoms with E-state index in [1.54, 1.807) is 12.1 Å². The Balaban J connectivity index is 2.01. The molecule has 0 aromatic heterocycles. The number of hydrogen-bond acceptors (Lipinski definition) is 3. The number of aryl methyl sites for hydroxylation is 1. The third-order valence-corrected chi connectivity index (χ3v) is 3.17. The Morgan fingerprint density at radius 2 is 1.70 bits per heavy atom. The molecule has 0 heterocycles. The average molecular weight is 325 g/mol. The van der Waals surface area contributed by atoms with Gasteiger partial charge in [0, 0.05) is 12.2 Å². The fraction of sp³-hybridized carbons (Fsp3) is 0.294. The zero-order valence-corrected chi connectivity index (χ0v) is 12.9. The summed E-state index contributed by atoms with van der Waals surface area (Å²) in [6.45, 7) is 1.19. The van der Waals surface area contributed by atoms with Crippen LogP contribution in [0.1, 0.15) is 11.1 Å². The molecule has 0 atom stereocenters. The predicted molar refractivity (Wildman–Crippen MR) is 83.0 cm³/mol. The van der Waals surface area contributed by atoms with Crippen LogP contribution < -0.4 is 14.8 Å². The Hall–Kier alpha value is -2.37. The minimum absolute atomic E-state index is 0.0731. The fourth-order valence-corrected chi connectivity index (χ4v) is 1.98. The molecule has 124 valence electrons. The molecule has 0 amide bonds. The normalized spacial score (nSPS) is 11.2. The van der Waals surface area contributed by atoms with Crippen LogP contribution in [0.5, 0.6) is 11.5 Å². The number of anilines is 1. The number of ether oxygens (including phenoxy) is 2. The van der Waals surface area contributed by atoms with Gasteiger partial charge in [0.25, 0.3) is 0 Å². The summed E-state index contributed by atoms with van der Waals surface area (Å²) in [4.78, 5) is 0. The standard InChI is InChI=1S/C17H18F3NO2/c1-12-3-6-14(7-4-12)21-10-13-5-8-15(16(9-13)22-2)23-11-17(18,19)20/h3-9,21H,10-11H2,1-2H3. The first-order valence-corrected chi connectivity index (χ1v) is 7.04. The molecule has 0 fully saturated rings. The second-order valence-electron chi connectivity index (χ2n) is 5.11. The largest absolute Gasteiger partial charge is 0.493 e. The highest BCUT2D eigenvalue weighted by Crippen LogP contribution is 2.30. The van der Waals surface area contributed by atoms with Crippen molar-refractivity contribution < 1.29 is 22.6 Å². The van der Waals surface area contributed by atoms with Gasteiger partial charge in [-0.1, -0.05) is 23.8 Å². The zero-order valence-electron chi connectivity index (χ0n) is 12.9. The Labute approximate surface area is 133 Å². The van der Waals surface area contributed by atoms with Crippen molar-refractivity contribution in [1.82, 2.24) is 0 Å². The van der Waals surface area contributed by atoms with Crippen LogP contribution in [-0.4, -0.2) is 19.9 Å². The van der Waals surface area contributed by atoms with Crippen molar-refractivity contribution in [2.24, 2.45) is 0 Å². The quantitative estimate of drug-likeness (QED) is 0.845. The van der Waals surface area contributed by atoms with Gasteiger partial charge in [-0.3, -0.25) is 0 Å². The number of rotatable bonds is 6. The van der Waals surface area contributed by atoms with Crippen LogP contribution in [-0.2, 0) is 6.54 Å². The summed E-state index contributed by atoms with van der Waals surface area (Å²) in [5.74, 6) is 0.348. The monoisotopic (exact) mass is 325 g/mol. The third-order valence-electron chi connectivity index (χ3n) is 3.17. The van der Waals surface area contributed by atoms with E-state index in [9.17, 15) is 13.2 Å². The van der Waals surface area contributed by atoms with E-state index in [0.29, 0.717) is 6.54 Å². The maximum Gasteiger partial charge on any atom is 0.422 e. The molecule has 0 radical (unpaired) electrons. The molecule has 0 aliphatic rings. The number of hydrogen-bond donors (Lipinski definition) is 1. The molecule has 0 unspecified atom stereocenters. The Bertz CT molecular complexity index is 639. The molecule has 6 heteroatoms. The lowest BCUT2D eigenvalue weighted by Crippen LogP contribution is -2.19. The van der Waals surface area contributed by atoms with Crippen LogP contribution in [0.25, 0.3) is 0 Å². The van der Waals surface area contributed by atoms with Gasteiger partial charge in [-0.15, -0.1) is 0 Å². The van der Waals surface area contributed by atoms with Crippen molar-refractivity contribution >= 4 is 5.69 Å². The summed E-state index contributed by atoms with van der Waals surface area (Å²) in [5.41, 5.74) is 3.01. The van der Waals surface area contributed by atoms with E-state index in [2.05, 4.69) is 5.32 Å². The lowest BCUT2D eigenvalue weighted by molar-refractivity contribution is -0.153. The molecule has 1 N–H and O–H groups in total. The van der Waals surface area contributed by atoms with E-state index in [4.69, 9.17) is 9.47 Å². The summed E-state index contributed by atoms with van der Waals surface area (Å²) >= 11 is 0. The van der Waals surface area contributed by atoms with E-state index in [-0.39, 0.29) is 11.5 Å². The van der Waals surface area contributed by atoms with Crippen LogP contribution in [0.2, 0.25) is 0 Å². The second kappa shape index (κ2) is 7.26. The summed E-state index contributed by atoms with van der Waals surface area (Å²) < 4.78 is 46.5. The number of nitrogens with one attached hydrogen (secondary N) is 1. The van der Waals surface area contributed by atoms with Crippen LogP contribution in [0, 0.1) is 6.92 Å². The van der Waals surface area contributed by atoms with Gasteiger partial charge >= 0.3 is 6.18 Å². The molecule has 2 rings (SSSR count). The van der Waals surface area contributed by atoms with Crippen molar-refractivity contribution in [2.45, 2.75) is 19.6 Å². The molecule has 2 aromatic rings. The predicted octanol–water partition coefficient (Wildman–Crippen LogP) is 4.56. The van der Waals surface area contributed by atoms with E-state index in [1.807, 2.05) is 31.2 Å². The third kappa shape index (κ3) is 5.39. The zero-order chi connectivity index (χ0) is 16.9. The van der Waals surface area contributed by atoms with E-state index in [0.717, 1.165) is 11.3 Å². The minimum atomic E-state index is -4.38. The summed E-state index contributed by atoms with van der Waals surface area (Å²) in [6, 6.07) is 12.8. The molecule has 23 heavy (non-hydrogen) atoms. The van der Waals surface area contributed by atoms with Gasteiger partial charge in [-0.05, 0) is 36.8 Å². The highest BCUT2D eigenvalue weighted by atomic mass is 19.4. The lowest BCUT2D eigenvalue weighted by atomic mass is 10.2. The van der Waals surface area contributed by atoms with Crippen LogP contribution in [0.3, 0.4) is 0 Å². The molecule has 0 aliphatic heterocycles.